The Morgan fingerprint density at radius 3 is 2.68 bits per heavy atom. The lowest BCUT2D eigenvalue weighted by atomic mass is 10.1. The summed E-state index contributed by atoms with van der Waals surface area (Å²) in [5, 5.41) is 14.0. The van der Waals surface area contributed by atoms with Gasteiger partial charge in [0.15, 0.2) is 5.82 Å². The summed E-state index contributed by atoms with van der Waals surface area (Å²) >= 11 is 1.56. The zero-order valence-corrected chi connectivity index (χ0v) is 27.4. The number of thiazole rings is 1. The lowest BCUT2D eigenvalue weighted by Crippen LogP contribution is -2.42. The molecule has 4 aromatic rings. The number of carbonyl (C=O) groups is 2. The van der Waals surface area contributed by atoms with Gasteiger partial charge in [0.05, 0.1) is 35.8 Å². The molecule has 2 aliphatic rings. The molecule has 6 heterocycles. The van der Waals surface area contributed by atoms with Gasteiger partial charge in [0, 0.05) is 57.3 Å². The van der Waals surface area contributed by atoms with Gasteiger partial charge in [-0.15, -0.1) is 11.3 Å². The number of likely N-dealkylation sites (tertiary alicyclic amines) is 1. The highest BCUT2D eigenvalue weighted by Crippen LogP contribution is 2.31. The van der Waals surface area contributed by atoms with Crippen LogP contribution in [0.1, 0.15) is 36.0 Å². The van der Waals surface area contributed by atoms with E-state index in [4.69, 9.17) is 15.9 Å². The maximum atomic E-state index is 13.7. The van der Waals surface area contributed by atoms with Crippen LogP contribution >= 0.6 is 11.3 Å². The van der Waals surface area contributed by atoms with Crippen LogP contribution in [0, 0.1) is 11.3 Å². The van der Waals surface area contributed by atoms with Gasteiger partial charge in [0.25, 0.3) is 0 Å². The highest BCUT2D eigenvalue weighted by molar-refractivity contribution is 7.16. The molecule has 0 aliphatic carbocycles. The smallest absolute Gasteiger partial charge is 0.237 e. The minimum atomic E-state index is -0.267. The van der Waals surface area contributed by atoms with E-state index >= 15 is 0 Å². The number of carbonyl (C=O) groups excluding carboxylic acids is 2. The van der Waals surface area contributed by atoms with Crippen molar-refractivity contribution in [3.8, 4) is 16.6 Å². The van der Waals surface area contributed by atoms with Gasteiger partial charge in [0.1, 0.15) is 22.8 Å². The Kier molecular flexibility index (Phi) is 9.36. The van der Waals surface area contributed by atoms with Gasteiger partial charge in [-0.3, -0.25) is 29.5 Å². The third-order valence-corrected chi connectivity index (χ3v) is 9.45. The number of aryl methyl sites for hydroxylation is 1. The lowest BCUT2D eigenvalue weighted by Gasteiger charge is -2.28. The number of aromatic nitrogens is 6. The van der Waals surface area contributed by atoms with Crippen LogP contribution < -0.4 is 15.4 Å². The molecule has 0 saturated carbocycles. The number of methoxy groups -OCH3 is 1. The summed E-state index contributed by atoms with van der Waals surface area (Å²) in [5.41, 5.74) is 8.58. The van der Waals surface area contributed by atoms with Crippen LogP contribution in [0.5, 0.6) is 5.88 Å². The summed E-state index contributed by atoms with van der Waals surface area (Å²) < 4.78 is 6.78. The molecule has 2 aliphatic heterocycles. The van der Waals surface area contributed by atoms with Crippen LogP contribution in [0.2, 0.25) is 0 Å². The number of hydrogen-bond acceptors (Lipinski definition) is 12. The summed E-state index contributed by atoms with van der Waals surface area (Å²) in [4.78, 5) is 51.1. The molecule has 1 saturated heterocycles. The lowest BCUT2D eigenvalue weighted by molar-refractivity contribution is -0.132. The highest BCUT2D eigenvalue weighted by Gasteiger charge is 2.34. The molecular weight excluding hydrogens is 618 g/mol. The Labute approximate surface area is 276 Å². The van der Waals surface area contributed by atoms with Gasteiger partial charge in [-0.05, 0) is 50.1 Å². The number of hydrogen-bond donors (Lipinski definition) is 2. The molecule has 0 unspecified atom stereocenters. The first-order valence-electron chi connectivity index (χ1n) is 15.4. The molecule has 4 aromatic heterocycles. The molecule has 0 spiro atoms. The molecule has 3 N–H and O–H groups in total. The number of pyridine rings is 2. The van der Waals surface area contributed by atoms with Crippen molar-refractivity contribution in [1.29, 1.82) is 5.41 Å². The summed E-state index contributed by atoms with van der Waals surface area (Å²) in [7, 11) is 3.36. The molecule has 14 nitrogen and oxygen atoms in total. The first kappa shape index (κ1) is 31.9. The fourth-order valence-corrected chi connectivity index (χ4v) is 6.70. The minimum absolute atomic E-state index is 0.0506. The first-order valence-corrected chi connectivity index (χ1v) is 16.2. The van der Waals surface area contributed by atoms with Gasteiger partial charge >= 0.3 is 0 Å². The van der Waals surface area contributed by atoms with Crippen LogP contribution in [0.4, 0.5) is 11.5 Å². The number of nitrogens with two attached hydrogens (primary N) is 1. The maximum Gasteiger partial charge on any atom is 0.237 e. The minimum Gasteiger partial charge on any atom is -0.481 e. The summed E-state index contributed by atoms with van der Waals surface area (Å²) in [6.07, 6.45) is 8.45. The Morgan fingerprint density at radius 1 is 1.15 bits per heavy atom. The predicted octanol–water partition coefficient (Wildman–Crippen LogP) is 2.73. The molecule has 15 heteroatoms. The largest absolute Gasteiger partial charge is 0.481 e. The number of nitrogens with one attached hydrogen (secondary N) is 1. The second kappa shape index (κ2) is 13.8. The van der Waals surface area contributed by atoms with Crippen LogP contribution in [-0.2, 0) is 16.6 Å². The molecule has 1 fully saturated rings. The van der Waals surface area contributed by atoms with Crippen molar-refractivity contribution in [2.45, 2.75) is 19.8 Å². The SMILES string of the molecule is CCN(C(=O)[C@@H]1CCN(CC(=O)N2CC=C(c3ncc(-c4ncn(C)n4)s3)CC2)C1)c1ccc(N)c(C(=N)c2ccc(OC)nc2)n1. The van der Waals surface area contributed by atoms with Gasteiger partial charge < -0.3 is 15.4 Å². The van der Waals surface area contributed by atoms with Crippen molar-refractivity contribution < 1.29 is 14.3 Å². The summed E-state index contributed by atoms with van der Waals surface area (Å²) in [6.45, 7) is 4.87. The molecular formula is C32H37N11O3S. The van der Waals surface area contributed by atoms with E-state index in [2.05, 4.69) is 36.0 Å². The van der Waals surface area contributed by atoms with Crippen LogP contribution in [0.3, 0.4) is 0 Å². The quantitative estimate of drug-likeness (QED) is 0.242. The van der Waals surface area contributed by atoms with Gasteiger partial charge in [-0.25, -0.2) is 19.9 Å². The molecule has 0 aromatic carbocycles. The number of amides is 2. The number of rotatable bonds is 10. The van der Waals surface area contributed by atoms with Gasteiger partial charge in [0.2, 0.25) is 17.7 Å². The fourth-order valence-electron chi connectivity index (χ4n) is 5.78. The Morgan fingerprint density at radius 2 is 2.00 bits per heavy atom. The van der Waals surface area contributed by atoms with E-state index in [9.17, 15) is 9.59 Å². The van der Waals surface area contributed by atoms with Crippen LogP contribution in [0.25, 0.3) is 16.3 Å². The first-order chi connectivity index (χ1) is 22.7. The molecule has 2 amide bonds. The van der Waals surface area contributed by atoms with Crippen LogP contribution in [-0.4, -0.2) is 103 Å². The second-order valence-corrected chi connectivity index (χ2v) is 12.5. The fraction of sp³-hybridized carbons (Fsp3) is 0.375. The third-order valence-electron chi connectivity index (χ3n) is 8.38. The second-order valence-electron chi connectivity index (χ2n) is 11.5. The third kappa shape index (κ3) is 6.90. The number of nitrogens with zero attached hydrogens (tertiary/aromatic N) is 9. The van der Waals surface area contributed by atoms with E-state index in [1.165, 1.54) is 13.3 Å². The normalized spacial score (nSPS) is 16.6. The maximum absolute atomic E-state index is 13.7. The Balaban J connectivity index is 1.04. The summed E-state index contributed by atoms with van der Waals surface area (Å²) in [6, 6.07) is 6.76. The average Bonchev–Trinajstić information content (AvgIpc) is 3.87. The molecule has 0 radical (unpaired) electrons. The number of nitrogen functional groups attached to an aromatic ring is 1. The van der Waals surface area contributed by atoms with Crippen molar-refractivity contribution in [2.75, 3.05) is 57.0 Å². The monoisotopic (exact) mass is 655 g/mol. The molecule has 244 valence electrons. The predicted molar refractivity (Wildman–Crippen MR) is 179 cm³/mol. The van der Waals surface area contributed by atoms with Crippen LogP contribution in [0.15, 0.2) is 49.1 Å². The standard InChI is InChI=1S/C32H37N11O3S/c1-4-43(25-7-6-23(33)29(38-25)28(34)21-5-8-26(46-3)35-15-21)32(45)22-9-12-41(17-22)18-27(44)42-13-10-20(11-14-42)31-36-16-24(47-31)30-37-19-40(2)39-30/h5-8,10,15-16,19,22,34H,4,9,11-14,17-18,33H2,1-3H3/t22-/m1/s1. The van der Waals surface area contributed by atoms with Gasteiger partial charge in [-0.1, -0.05) is 6.08 Å². The zero-order chi connectivity index (χ0) is 33.1. The molecule has 1 atom stereocenters. The van der Waals surface area contributed by atoms with E-state index in [1.54, 1.807) is 57.7 Å². The summed E-state index contributed by atoms with van der Waals surface area (Å²) in [5.74, 6) is 1.26. The van der Waals surface area contributed by atoms with E-state index in [0.717, 1.165) is 21.9 Å². The Bertz CT molecular complexity index is 1820. The van der Waals surface area contributed by atoms with Crippen molar-refractivity contribution in [3.05, 3.63) is 65.3 Å². The zero-order valence-electron chi connectivity index (χ0n) is 26.6. The highest BCUT2D eigenvalue weighted by atomic mass is 32.1. The van der Waals surface area contributed by atoms with E-state index in [-0.39, 0.29) is 35.7 Å². The van der Waals surface area contributed by atoms with Gasteiger partial charge in [-0.2, -0.15) is 5.10 Å². The van der Waals surface area contributed by atoms with Crippen molar-refractivity contribution in [3.63, 3.8) is 0 Å². The average molecular weight is 656 g/mol. The van der Waals surface area contributed by atoms with E-state index in [0.29, 0.717) is 67.9 Å². The molecule has 0 bridgehead atoms. The van der Waals surface area contributed by atoms with Crippen molar-refractivity contribution in [2.24, 2.45) is 13.0 Å². The topological polar surface area (TPSA) is 172 Å². The van der Waals surface area contributed by atoms with Crippen molar-refractivity contribution >= 4 is 45.9 Å². The molecule has 47 heavy (non-hydrogen) atoms. The van der Waals surface area contributed by atoms with Crippen molar-refractivity contribution in [1.82, 2.24) is 39.5 Å². The molecule has 6 rings (SSSR count). The van der Waals surface area contributed by atoms with E-state index in [1.807, 2.05) is 18.9 Å². The van der Waals surface area contributed by atoms with E-state index < -0.39 is 0 Å². The Hall–Kier alpha value is -5.02. The number of anilines is 2. The number of ether oxygens (including phenoxy) is 1.